The second-order valence-electron chi connectivity index (χ2n) is 2.06. The molecule has 0 atom stereocenters. The highest BCUT2D eigenvalue weighted by atomic mass is 35.5. The average molecular weight is 182 g/mol. The van der Waals surface area contributed by atoms with Gasteiger partial charge >= 0.3 is 0 Å². The van der Waals surface area contributed by atoms with Crippen LogP contribution in [-0.4, -0.2) is 4.92 Å². The number of nitro benzene ring substituents is 1. The zero-order valence-corrected chi connectivity index (χ0v) is 6.71. The van der Waals surface area contributed by atoms with Crippen molar-refractivity contribution in [1.29, 1.82) is 0 Å². The minimum Gasteiger partial charge on any atom is -0.258 e. The quantitative estimate of drug-likeness (QED) is 0.379. The molecular weight excluding hydrogens is 178 g/mol. The molecule has 0 saturated heterocycles. The highest BCUT2D eigenvalue weighted by Gasteiger charge is 2.10. The molecule has 0 radical (unpaired) electrons. The summed E-state index contributed by atoms with van der Waals surface area (Å²) in [5, 5.41) is 10.8. The third-order valence-corrected chi connectivity index (χ3v) is 1.55. The van der Waals surface area contributed by atoms with E-state index in [0.29, 0.717) is 5.02 Å². The van der Waals surface area contributed by atoms with Crippen molar-refractivity contribution in [3.8, 4) is 12.3 Å². The molecule has 0 amide bonds. The fraction of sp³-hybridized carbons (Fsp3) is 0. The Kier molecular flexibility index (Phi) is 2.32. The zero-order valence-electron chi connectivity index (χ0n) is 5.95. The van der Waals surface area contributed by atoms with Gasteiger partial charge in [-0.15, -0.1) is 6.42 Å². The van der Waals surface area contributed by atoms with Gasteiger partial charge in [0.05, 0.1) is 4.92 Å². The first kappa shape index (κ1) is 8.57. The molecule has 0 heterocycles. The second-order valence-corrected chi connectivity index (χ2v) is 2.50. The molecule has 0 aliphatic carbocycles. The number of halogens is 1. The summed E-state index contributed by atoms with van der Waals surface area (Å²) in [5.41, 5.74) is 0.106. The standard InChI is InChI=1S/C8H4ClNO2/c1-2-6-5-7(9)3-4-8(6)10(11)12/h1,3-5H. The van der Waals surface area contributed by atoms with Gasteiger partial charge in [0.1, 0.15) is 5.56 Å². The Hall–Kier alpha value is -1.53. The monoisotopic (exact) mass is 181 g/mol. The van der Waals surface area contributed by atoms with Gasteiger partial charge < -0.3 is 0 Å². The summed E-state index contributed by atoms with van der Waals surface area (Å²) >= 11 is 5.58. The largest absolute Gasteiger partial charge is 0.285 e. The van der Waals surface area contributed by atoms with Crippen molar-refractivity contribution in [2.45, 2.75) is 0 Å². The lowest BCUT2D eigenvalue weighted by atomic mass is 10.2. The minimum atomic E-state index is -0.536. The van der Waals surface area contributed by atoms with Crippen LogP contribution in [-0.2, 0) is 0 Å². The van der Waals surface area contributed by atoms with Crippen LogP contribution < -0.4 is 0 Å². The summed E-state index contributed by atoms with van der Waals surface area (Å²) in [4.78, 5) is 9.82. The fourth-order valence-electron chi connectivity index (χ4n) is 0.783. The van der Waals surface area contributed by atoms with Crippen LogP contribution in [0.2, 0.25) is 5.02 Å². The van der Waals surface area contributed by atoms with Crippen LogP contribution in [0.5, 0.6) is 0 Å². The smallest absolute Gasteiger partial charge is 0.258 e. The first-order chi connectivity index (χ1) is 5.65. The molecule has 12 heavy (non-hydrogen) atoms. The zero-order chi connectivity index (χ0) is 9.14. The second kappa shape index (κ2) is 3.24. The maximum Gasteiger partial charge on any atom is 0.285 e. The summed E-state index contributed by atoms with van der Waals surface area (Å²) in [5.74, 6) is 2.19. The Balaban J connectivity index is 3.32. The average Bonchev–Trinajstić information content (AvgIpc) is 2.03. The lowest BCUT2D eigenvalue weighted by Crippen LogP contribution is -1.91. The van der Waals surface area contributed by atoms with Gasteiger partial charge in [0.25, 0.3) is 5.69 Å². The van der Waals surface area contributed by atoms with Crippen molar-refractivity contribution in [1.82, 2.24) is 0 Å². The van der Waals surface area contributed by atoms with Gasteiger partial charge in [-0.05, 0) is 12.1 Å². The van der Waals surface area contributed by atoms with E-state index in [1.807, 2.05) is 0 Å². The van der Waals surface area contributed by atoms with Crippen molar-refractivity contribution < 1.29 is 4.92 Å². The van der Waals surface area contributed by atoms with Crippen molar-refractivity contribution in [3.05, 3.63) is 38.9 Å². The van der Waals surface area contributed by atoms with Crippen LogP contribution in [0.15, 0.2) is 18.2 Å². The molecular formula is C8H4ClNO2. The van der Waals surface area contributed by atoms with Gasteiger partial charge in [0.2, 0.25) is 0 Å². The third-order valence-electron chi connectivity index (χ3n) is 1.31. The van der Waals surface area contributed by atoms with Crippen LogP contribution in [0.25, 0.3) is 0 Å². The van der Waals surface area contributed by atoms with E-state index in [2.05, 4.69) is 5.92 Å². The third kappa shape index (κ3) is 1.55. The van der Waals surface area contributed by atoms with Gasteiger partial charge in [0.15, 0.2) is 0 Å². The molecule has 0 unspecified atom stereocenters. The SMILES string of the molecule is C#Cc1cc(Cl)ccc1[N+](=O)[O-]. The maximum atomic E-state index is 10.4. The number of hydrogen-bond acceptors (Lipinski definition) is 2. The fourth-order valence-corrected chi connectivity index (χ4v) is 0.955. The minimum absolute atomic E-state index is 0.0955. The van der Waals surface area contributed by atoms with Gasteiger partial charge in [0, 0.05) is 11.1 Å². The molecule has 0 spiro atoms. The van der Waals surface area contributed by atoms with E-state index in [0.717, 1.165) is 0 Å². The number of hydrogen-bond donors (Lipinski definition) is 0. The van der Waals surface area contributed by atoms with Gasteiger partial charge in [-0.3, -0.25) is 10.1 Å². The van der Waals surface area contributed by atoms with E-state index in [4.69, 9.17) is 18.0 Å². The van der Waals surface area contributed by atoms with Crippen molar-refractivity contribution in [2.75, 3.05) is 0 Å². The number of nitro groups is 1. The van der Waals surface area contributed by atoms with Crippen LogP contribution in [0.1, 0.15) is 5.56 Å². The topological polar surface area (TPSA) is 43.1 Å². The Morgan fingerprint density at radius 1 is 1.58 bits per heavy atom. The van der Waals surface area contributed by atoms with E-state index in [1.54, 1.807) is 0 Å². The molecule has 0 bridgehead atoms. The maximum absolute atomic E-state index is 10.4. The molecule has 1 aromatic rings. The lowest BCUT2D eigenvalue weighted by Gasteiger charge is -1.94. The predicted octanol–water partition coefficient (Wildman–Crippen LogP) is 2.23. The highest BCUT2D eigenvalue weighted by molar-refractivity contribution is 6.30. The normalized spacial score (nSPS) is 9.00. The molecule has 0 aromatic heterocycles. The van der Waals surface area contributed by atoms with Crippen LogP contribution >= 0.6 is 11.6 Å². The van der Waals surface area contributed by atoms with E-state index < -0.39 is 4.92 Å². The molecule has 1 aromatic carbocycles. The predicted molar refractivity (Wildman–Crippen MR) is 46.0 cm³/mol. The molecule has 0 fully saturated rings. The number of benzene rings is 1. The first-order valence-corrected chi connectivity index (χ1v) is 3.43. The van der Waals surface area contributed by atoms with Crippen LogP contribution in [0.4, 0.5) is 5.69 Å². The summed E-state index contributed by atoms with van der Waals surface area (Å²) < 4.78 is 0. The van der Waals surface area contributed by atoms with Crippen molar-refractivity contribution in [3.63, 3.8) is 0 Å². The number of nitrogens with zero attached hydrogens (tertiary/aromatic N) is 1. The highest BCUT2D eigenvalue weighted by Crippen LogP contribution is 2.21. The Labute approximate surface area is 74.1 Å². The van der Waals surface area contributed by atoms with Crippen molar-refractivity contribution >= 4 is 17.3 Å². The molecule has 0 aliphatic heterocycles. The summed E-state index contributed by atoms with van der Waals surface area (Å²) in [6.07, 6.45) is 5.04. The van der Waals surface area contributed by atoms with Gasteiger partial charge in [-0.2, -0.15) is 0 Å². The molecule has 0 N–H and O–H groups in total. The molecule has 3 nitrogen and oxygen atoms in total. The number of rotatable bonds is 1. The molecule has 0 saturated carbocycles. The van der Waals surface area contributed by atoms with Gasteiger partial charge in [-0.1, -0.05) is 17.5 Å². The van der Waals surface area contributed by atoms with Gasteiger partial charge in [-0.25, -0.2) is 0 Å². The molecule has 0 aliphatic rings. The summed E-state index contributed by atoms with van der Waals surface area (Å²) in [6.45, 7) is 0. The van der Waals surface area contributed by atoms with Crippen LogP contribution in [0.3, 0.4) is 0 Å². The molecule has 60 valence electrons. The Morgan fingerprint density at radius 2 is 2.25 bits per heavy atom. The van der Waals surface area contributed by atoms with Crippen molar-refractivity contribution in [2.24, 2.45) is 0 Å². The van der Waals surface area contributed by atoms with Crippen LogP contribution in [0, 0.1) is 22.5 Å². The van der Waals surface area contributed by atoms with E-state index in [1.165, 1.54) is 18.2 Å². The lowest BCUT2D eigenvalue weighted by molar-refractivity contribution is -0.385. The Bertz CT molecular complexity index is 368. The summed E-state index contributed by atoms with van der Waals surface area (Å²) in [7, 11) is 0. The molecule has 1 rings (SSSR count). The van der Waals surface area contributed by atoms with E-state index >= 15 is 0 Å². The van der Waals surface area contributed by atoms with E-state index in [9.17, 15) is 10.1 Å². The van der Waals surface area contributed by atoms with E-state index in [-0.39, 0.29) is 11.3 Å². The summed E-state index contributed by atoms with van der Waals surface area (Å²) in [6, 6.07) is 4.11. The number of terminal acetylenes is 1. The molecule has 4 heteroatoms. The first-order valence-electron chi connectivity index (χ1n) is 3.05. The Morgan fingerprint density at radius 3 is 2.75 bits per heavy atom.